The maximum Gasteiger partial charge on any atom is 0.364 e. The Bertz CT molecular complexity index is 317. The van der Waals surface area contributed by atoms with E-state index < -0.39 is 17.1 Å². The van der Waals surface area contributed by atoms with Gasteiger partial charge in [0.15, 0.2) is 0 Å². The van der Waals surface area contributed by atoms with Gasteiger partial charge in [-0.2, -0.15) is 0 Å². The SMILES string of the molecule is CCCCC=C[Si](CC[Si](C=CCCCC)(OC)OC)(OC)OC. The first-order chi connectivity index (χ1) is 11.6. The minimum atomic E-state index is -2.33. The summed E-state index contributed by atoms with van der Waals surface area (Å²) in [4.78, 5) is 0. The maximum absolute atomic E-state index is 5.81. The molecule has 0 aliphatic rings. The summed E-state index contributed by atoms with van der Waals surface area (Å²) in [5.74, 6) is 0. The van der Waals surface area contributed by atoms with Gasteiger partial charge in [-0.15, -0.1) is 0 Å². The third-order valence-corrected chi connectivity index (χ3v) is 11.0. The topological polar surface area (TPSA) is 36.9 Å². The van der Waals surface area contributed by atoms with Gasteiger partial charge in [-0.1, -0.05) is 51.7 Å². The molecule has 0 aromatic heterocycles. The van der Waals surface area contributed by atoms with Crippen molar-refractivity contribution >= 4 is 17.1 Å². The number of allylic oxidation sites excluding steroid dienone is 2. The molecular formula is C18H38O4Si2. The fraction of sp³-hybridized carbons (Fsp3) is 0.778. The Morgan fingerprint density at radius 1 is 0.625 bits per heavy atom. The predicted molar refractivity (Wildman–Crippen MR) is 106 cm³/mol. The van der Waals surface area contributed by atoms with Crippen LogP contribution in [-0.2, 0) is 17.7 Å². The zero-order valence-corrected chi connectivity index (χ0v) is 18.6. The normalized spacial score (nSPS) is 13.4. The highest BCUT2D eigenvalue weighted by Crippen LogP contribution is 2.25. The number of rotatable bonds is 15. The largest absolute Gasteiger partial charge is 0.395 e. The smallest absolute Gasteiger partial charge is 0.364 e. The Balaban J connectivity index is 4.91. The Hall–Kier alpha value is -0.246. The van der Waals surface area contributed by atoms with E-state index in [9.17, 15) is 0 Å². The van der Waals surface area contributed by atoms with E-state index in [0.29, 0.717) is 0 Å². The molecule has 142 valence electrons. The van der Waals surface area contributed by atoms with E-state index in [-0.39, 0.29) is 0 Å². The second-order valence-electron chi connectivity index (χ2n) is 6.03. The second kappa shape index (κ2) is 14.0. The highest BCUT2D eigenvalue weighted by molar-refractivity contribution is 6.78. The van der Waals surface area contributed by atoms with E-state index >= 15 is 0 Å². The van der Waals surface area contributed by atoms with Gasteiger partial charge in [0.25, 0.3) is 0 Å². The summed E-state index contributed by atoms with van der Waals surface area (Å²) in [5.41, 5.74) is 4.35. The summed E-state index contributed by atoms with van der Waals surface area (Å²) in [6.45, 7) is 4.40. The van der Waals surface area contributed by atoms with Gasteiger partial charge >= 0.3 is 17.1 Å². The molecule has 0 atom stereocenters. The van der Waals surface area contributed by atoms with E-state index in [1.165, 1.54) is 25.7 Å². The molecule has 0 N–H and O–H groups in total. The molecule has 0 saturated carbocycles. The fourth-order valence-corrected chi connectivity index (χ4v) is 8.40. The minimum absolute atomic E-state index is 0.842. The molecule has 0 aliphatic carbocycles. The van der Waals surface area contributed by atoms with Gasteiger partial charge in [-0.3, -0.25) is 0 Å². The maximum atomic E-state index is 5.81. The van der Waals surface area contributed by atoms with Crippen molar-refractivity contribution in [2.75, 3.05) is 28.4 Å². The molecule has 6 heteroatoms. The van der Waals surface area contributed by atoms with Crippen LogP contribution in [0, 0.1) is 0 Å². The molecular weight excluding hydrogens is 336 g/mol. The second-order valence-corrected chi connectivity index (χ2v) is 12.6. The third-order valence-electron chi connectivity index (χ3n) is 4.40. The predicted octanol–water partition coefficient (Wildman–Crippen LogP) is 5.03. The summed E-state index contributed by atoms with van der Waals surface area (Å²) < 4.78 is 23.2. The molecule has 0 saturated heterocycles. The molecule has 0 amide bonds. The summed E-state index contributed by atoms with van der Waals surface area (Å²) in [5, 5.41) is 0. The number of hydrogen-bond donors (Lipinski definition) is 0. The van der Waals surface area contributed by atoms with E-state index in [4.69, 9.17) is 17.7 Å². The quantitative estimate of drug-likeness (QED) is 0.298. The van der Waals surface area contributed by atoms with Gasteiger partial charge in [-0.25, -0.2) is 0 Å². The number of unbranched alkanes of at least 4 members (excludes halogenated alkanes) is 4. The molecule has 0 unspecified atom stereocenters. The summed E-state index contributed by atoms with van der Waals surface area (Å²) >= 11 is 0. The van der Waals surface area contributed by atoms with Crippen LogP contribution in [-0.4, -0.2) is 45.6 Å². The van der Waals surface area contributed by atoms with Gasteiger partial charge in [0.05, 0.1) is 0 Å². The van der Waals surface area contributed by atoms with Crippen LogP contribution in [0.3, 0.4) is 0 Å². The molecule has 0 aliphatic heterocycles. The summed E-state index contributed by atoms with van der Waals surface area (Å²) in [7, 11) is 2.34. The molecule has 0 aromatic carbocycles. The van der Waals surface area contributed by atoms with Gasteiger partial charge < -0.3 is 17.7 Å². The lowest BCUT2D eigenvalue weighted by atomic mass is 10.2. The van der Waals surface area contributed by atoms with Crippen molar-refractivity contribution in [2.45, 2.75) is 64.5 Å². The van der Waals surface area contributed by atoms with Gasteiger partial charge in [0, 0.05) is 28.4 Å². The molecule has 0 radical (unpaired) electrons. The van der Waals surface area contributed by atoms with Crippen molar-refractivity contribution in [3.05, 3.63) is 23.6 Å². The molecule has 0 aromatic rings. The van der Waals surface area contributed by atoms with Crippen molar-refractivity contribution in [1.82, 2.24) is 0 Å². The van der Waals surface area contributed by atoms with E-state index in [1.54, 1.807) is 28.4 Å². The molecule has 24 heavy (non-hydrogen) atoms. The monoisotopic (exact) mass is 374 g/mol. The van der Waals surface area contributed by atoms with Crippen LogP contribution in [0.4, 0.5) is 0 Å². The molecule has 0 bridgehead atoms. The Morgan fingerprint density at radius 3 is 1.21 bits per heavy atom. The highest BCUT2D eigenvalue weighted by atomic mass is 28.4. The summed E-state index contributed by atoms with van der Waals surface area (Å²) in [6.07, 6.45) is 11.4. The van der Waals surface area contributed by atoms with Crippen molar-refractivity contribution in [2.24, 2.45) is 0 Å². The molecule has 0 fully saturated rings. The fourth-order valence-electron chi connectivity index (χ4n) is 2.53. The molecule has 4 nitrogen and oxygen atoms in total. The van der Waals surface area contributed by atoms with E-state index in [0.717, 1.165) is 24.9 Å². The first-order valence-corrected chi connectivity index (χ1v) is 13.3. The summed E-state index contributed by atoms with van der Waals surface area (Å²) in [6, 6.07) is 1.68. The number of hydrogen-bond acceptors (Lipinski definition) is 4. The van der Waals surface area contributed by atoms with Crippen LogP contribution in [0.15, 0.2) is 23.6 Å². The average Bonchev–Trinajstić information content (AvgIpc) is 2.63. The van der Waals surface area contributed by atoms with Gasteiger partial charge in [0.1, 0.15) is 0 Å². The standard InChI is InChI=1S/C18H38O4Si2/c1-7-9-11-13-15-23(19-3,20-4)17-18-24(21-5,22-6)16-14-12-10-8-2/h13-16H,7-12,17-18H2,1-6H3. The zero-order chi connectivity index (χ0) is 18.3. The zero-order valence-electron chi connectivity index (χ0n) is 16.6. The van der Waals surface area contributed by atoms with Crippen LogP contribution >= 0.6 is 0 Å². The van der Waals surface area contributed by atoms with Crippen LogP contribution in [0.25, 0.3) is 0 Å². The molecule has 0 heterocycles. The van der Waals surface area contributed by atoms with Gasteiger partial charge in [0.2, 0.25) is 0 Å². The first kappa shape index (κ1) is 23.8. The van der Waals surface area contributed by atoms with Crippen LogP contribution in [0.1, 0.15) is 52.4 Å². The first-order valence-electron chi connectivity index (χ1n) is 9.13. The minimum Gasteiger partial charge on any atom is -0.395 e. The van der Waals surface area contributed by atoms with Crippen LogP contribution in [0.2, 0.25) is 12.1 Å². The van der Waals surface area contributed by atoms with E-state index in [1.807, 2.05) is 0 Å². The van der Waals surface area contributed by atoms with Crippen LogP contribution < -0.4 is 0 Å². The highest BCUT2D eigenvalue weighted by Gasteiger charge is 2.40. The third kappa shape index (κ3) is 8.73. The lowest BCUT2D eigenvalue weighted by molar-refractivity contribution is 0.243. The van der Waals surface area contributed by atoms with Crippen molar-refractivity contribution in [3.63, 3.8) is 0 Å². The molecule has 0 rings (SSSR count). The van der Waals surface area contributed by atoms with Crippen molar-refractivity contribution in [1.29, 1.82) is 0 Å². The average molecular weight is 375 g/mol. The lowest BCUT2D eigenvalue weighted by Gasteiger charge is -2.29. The lowest BCUT2D eigenvalue weighted by Crippen LogP contribution is -2.44. The van der Waals surface area contributed by atoms with Crippen LogP contribution in [0.5, 0.6) is 0 Å². The Morgan fingerprint density at radius 2 is 0.958 bits per heavy atom. The molecule has 0 spiro atoms. The Kier molecular flexibility index (Phi) is 13.8. The van der Waals surface area contributed by atoms with Crippen molar-refractivity contribution in [3.8, 4) is 0 Å². The Labute approximate surface area is 151 Å². The van der Waals surface area contributed by atoms with Crippen molar-refractivity contribution < 1.29 is 17.7 Å². The van der Waals surface area contributed by atoms with Gasteiger partial charge in [-0.05, 0) is 36.3 Å². The van der Waals surface area contributed by atoms with E-state index in [2.05, 4.69) is 37.4 Å².